The number of benzene rings is 3. The molecule has 0 N–H and O–H groups in total. The Morgan fingerprint density at radius 3 is 2.31 bits per heavy atom. The van der Waals surface area contributed by atoms with Crippen LogP contribution in [0.2, 0.25) is 0 Å². The Balaban J connectivity index is 2.02. The number of amides is 1. The lowest BCUT2D eigenvalue weighted by Crippen LogP contribution is -2.30. The fourth-order valence-corrected chi connectivity index (χ4v) is 2.81. The van der Waals surface area contributed by atoms with Crippen molar-refractivity contribution < 1.29 is 14.3 Å². The first kappa shape index (κ1) is 17.5. The Morgan fingerprint density at radius 2 is 1.58 bits per heavy atom. The fraction of sp³-hybridized carbons (Fsp3) is 0.136. The van der Waals surface area contributed by atoms with Gasteiger partial charge in [0, 0.05) is 5.56 Å². The number of hydrogen-bond acceptors (Lipinski definition) is 3. The van der Waals surface area contributed by atoms with Crippen LogP contribution in [0.15, 0.2) is 78.9 Å². The zero-order chi connectivity index (χ0) is 18.4. The van der Waals surface area contributed by atoms with E-state index < -0.39 is 0 Å². The Hall–Kier alpha value is -3.27. The molecule has 4 heteroatoms. The molecule has 0 bridgehead atoms. The Morgan fingerprint density at radius 1 is 0.846 bits per heavy atom. The number of methoxy groups -OCH3 is 2. The maximum atomic E-state index is 13.2. The van der Waals surface area contributed by atoms with Gasteiger partial charge in [-0.25, -0.2) is 0 Å². The standard InChI is InChI=1S/C22H21NO3/c1-25-19-12-8-9-17(15-19)16-23(20-13-6-7-14-21(20)26-2)22(24)18-10-4-3-5-11-18/h3-15H,16H2,1-2H3. The summed E-state index contributed by atoms with van der Waals surface area (Å²) in [6, 6.07) is 24.5. The van der Waals surface area contributed by atoms with Crippen molar-refractivity contribution in [1.82, 2.24) is 0 Å². The third-order valence-corrected chi connectivity index (χ3v) is 4.12. The first-order chi connectivity index (χ1) is 12.7. The number of rotatable bonds is 6. The predicted octanol–water partition coefficient (Wildman–Crippen LogP) is 4.55. The van der Waals surface area contributed by atoms with E-state index in [0.29, 0.717) is 17.9 Å². The second kappa shape index (κ2) is 8.21. The zero-order valence-corrected chi connectivity index (χ0v) is 14.9. The van der Waals surface area contributed by atoms with Crippen LogP contribution in [0.4, 0.5) is 5.69 Å². The van der Waals surface area contributed by atoms with Crippen molar-refractivity contribution in [3.8, 4) is 11.5 Å². The molecule has 0 aliphatic rings. The summed E-state index contributed by atoms with van der Waals surface area (Å²) in [7, 11) is 3.24. The van der Waals surface area contributed by atoms with Crippen LogP contribution in [0.3, 0.4) is 0 Å². The molecular weight excluding hydrogens is 326 g/mol. The molecule has 3 aromatic carbocycles. The van der Waals surface area contributed by atoms with Crippen LogP contribution < -0.4 is 14.4 Å². The molecule has 0 aliphatic carbocycles. The summed E-state index contributed by atoms with van der Waals surface area (Å²) in [6.07, 6.45) is 0. The number of anilines is 1. The Labute approximate surface area is 153 Å². The molecule has 0 saturated carbocycles. The van der Waals surface area contributed by atoms with E-state index in [1.165, 1.54) is 0 Å². The minimum Gasteiger partial charge on any atom is -0.497 e. The highest BCUT2D eigenvalue weighted by molar-refractivity contribution is 6.06. The summed E-state index contributed by atoms with van der Waals surface area (Å²) in [5, 5.41) is 0. The molecule has 132 valence electrons. The summed E-state index contributed by atoms with van der Waals surface area (Å²) < 4.78 is 10.8. The lowest BCUT2D eigenvalue weighted by Gasteiger charge is -2.25. The van der Waals surface area contributed by atoms with Crippen molar-refractivity contribution in [2.24, 2.45) is 0 Å². The molecule has 0 atom stereocenters. The van der Waals surface area contributed by atoms with Gasteiger partial charge in [-0.2, -0.15) is 0 Å². The van der Waals surface area contributed by atoms with Gasteiger partial charge >= 0.3 is 0 Å². The summed E-state index contributed by atoms with van der Waals surface area (Å²) >= 11 is 0. The molecule has 0 unspecified atom stereocenters. The summed E-state index contributed by atoms with van der Waals surface area (Å²) in [6.45, 7) is 0.408. The molecule has 0 aromatic heterocycles. The number of para-hydroxylation sites is 2. The molecule has 4 nitrogen and oxygen atoms in total. The number of hydrogen-bond donors (Lipinski definition) is 0. The molecule has 0 fully saturated rings. The molecule has 0 aliphatic heterocycles. The minimum atomic E-state index is -0.0853. The molecule has 0 heterocycles. The van der Waals surface area contributed by atoms with Crippen LogP contribution in [0.1, 0.15) is 15.9 Å². The van der Waals surface area contributed by atoms with Crippen LogP contribution in [0, 0.1) is 0 Å². The molecule has 0 spiro atoms. The lowest BCUT2D eigenvalue weighted by molar-refractivity contribution is 0.0984. The van der Waals surface area contributed by atoms with Crippen LogP contribution in [-0.2, 0) is 6.54 Å². The van der Waals surface area contributed by atoms with Gasteiger partial charge < -0.3 is 14.4 Å². The highest BCUT2D eigenvalue weighted by Crippen LogP contribution is 2.30. The predicted molar refractivity (Wildman–Crippen MR) is 103 cm³/mol. The first-order valence-corrected chi connectivity index (χ1v) is 8.36. The topological polar surface area (TPSA) is 38.8 Å². The number of ether oxygens (including phenoxy) is 2. The normalized spacial score (nSPS) is 10.2. The van der Waals surface area contributed by atoms with E-state index in [9.17, 15) is 4.79 Å². The van der Waals surface area contributed by atoms with Crippen LogP contribution in [-0.4, -0.2) is 20.1 Å². The van der Waals surface area contributed by atoms with E-state index in [1.54, 1.807) is 19.1 Å². The zero-order valence-electron chi connectivity index (χ0n) is 14.9. The highest BCUT2D eigenvalue weighted by Gasteiger charge is 2.21. The maximum absolute atomic E-state index is 13.2. The minimum absolute atomic E-state index is 0.0853. The van der Waals surface area contributed by atoms with Crippen molar-refractivity contribution in [3.63, 3.8) is 0 Å². The first-order valence-electron chi connectivity index (χ1n) is 8.36. The van der Waals surface area contributed by atoms with Gasteiger partial charge in [0.25, 0.3) is 5.91 Å². The van der Waals surface area contributed by atoms with Crippen LogP contribution in [0.25, 0.3) is 0 Å². The third kappa shape index (κ3) is 3.86. The molecule has 1 amide bonds. The van der Waals surface area contributed by atoms with Gasteiger partial charge in [0.15, 0.2) is 0 Å². The number of nitrogens with zero attached hydrogens (tertiary/aromatic N) is 1. The van der Waals surface area contributed by atoms with E-state index in [1.807, 2.05) is 78.9 Å². The average Bonchev–Trinajstić information content (AvgIpc) is 2.72. The van der Waals surface area contributed by atoms with E-state index in [4.69, 9.17) is 9.47 Å². The van der Waals surface area contributed by atoms with Crippen LogP contribution >= 0.6 is 0 Å². The van der Waals surface area contributed by atoms with E-state index in [0.717, 1.165) is 17.0 Å². The largest absolute Gasteiger partial charge is 0.497 e. The Bertz CT molecular complexity index is 877. The SMILES string of the molecule is COc1cccc(CN(C(=O)c2ccccc2)c2ccccc2OC)c1. The summed E-state index contributed by atoms with van der Waals surface area (Å²) in [4.78, 5) is 14.9. The summed E-state index contributed by atoms with van der Waals surface area (Å²) in [5.41, 5.74) is 2.33. The van der Waals surface area contributed by atoms with E-state index in [2.05, 4.69) is 0 Å². The van der Waals surface area contributed by atoms with Crippen molar-refractivity contribution in [2.45, 2.75) is 6.54 Å². The fourth-order valence-electron chi connectivity index (χ4n) is 2.81. The van der Waals surface area contributed by atoms with E-state index >= 15 is 0 Å². The van der Waals surface area contributed by atoms with Crippen molar-refractivity contribution in [2.75, 3.05) is 19.1 Å². The number of carbonyl (C=O) groups is 1. The molecule has 0 saturated heterocycles. The average molecular weight is 347 g/mol. The molecule has 3 rings (SSSR count). The summed E-state index contributed by atoms with van der Waals surface area (Å²) in [5.74, 6) is 1.33. The van der Waals surface area contributed by atoms with Gasteiger partial charge in [-0.15, -0.1) is 0 Å². The highest BCUT2D eigenvalue weighted by atomic mass is 16.5. The van der Waals surface area contributed by atoms with Gasteiger partial charge in [0.1, 0.15) is 11.5 Å². The Kier molecular flexibility index (Phi) is 5.54. The van der Waals surface area contributed by atoms with Crippen molar-refractivity contribution >= 4 is 11.6 Å². The van der Waals surface area contributed by atoms with Crippen molar-refractivity contribution in [3.05, 3.63) is 90.0 Å². The van der Waals surface area contributed by atoms with Gasteiger partial charge in [0.2, 0.25) is 0 Å². The quantitative estimate of drug-likeness (QED) is 0.656. The van der Waals surface area contributed by atoms with Gasteiger partial charge in [-0.05, 0) is 42.0 Å². The van der Waals surface area contributed by atoms with E-state index in [-0.39, 0.29) is 5.91 Å². The molecule has 26 heavy (non-hydrogen) atoms. The second-order valence-corrected chi connectivity index (χ2v) is 5.78. The smallest absolute Gasteiger partial charge is 0.258 e. The van der Waals surface area contributed by atoms with Gasteiger partial charge in [-0.3, -0.25) is 4.79 Å². The van der Waals surface area contributed by atoms with Gasteiger partial charge in [-0.1, -0.05) is 42.5 Å². The van der Waals surface area contributed by atoms with Crippen molar-refractivity contribution in [1.29, 1.82) is 0 Å². The molecule has 0 radical (unpaired) electrons. The van der Waals surface area contributed by atoms with Crippen LogP contribution in [0.5, 0.6) is 11.5 Å². The monoisotopic (exact) mass is 347 g/mol. The molecule has 3 aromatic rings. The molecular formula is C22H21NO3. The lowest BCUT2D eigenvalue weighted by atomic mass is 10.1. The van der Waals surface area contributed by atoms with Gasteiger partial charge in [0.05, 0.1) is 26.5 Å². The number of carbonyl (C=O) groups excluding carboxylic acids is 1. The third-order valence-electron chi connectivity index (χ3n) is 4.12. The second-order valence-electron chi connectivity index (χ2n) is 5.78. The maximum Gasteiger partial charge on any atom is 0.258 e.